The maximum absolute atomic E-state index is 4.77. The number of rotatable bonds is 6. The first-order chi connectivity index (χ1) is 9.81. The van der Waals surface area contributed by atoms with Crippen molar-refractivity contribution in [3.05, 3.63) is 34.0 Å². The molecular weight excluding hydrogens is 268 g/mol. The van der Waals surface area contributed by atoms with E-state index in [-0.39, 0.29) is 0 Å². The van der Waals surface area contributed by atoms with Gasteiger partial charge in [-0.15, -0.1) is 11.3 Å². The molecule has 0 saturated heterocycles. The molecule has 4 nitrogen and oxygen atoms in total. The Hall–Kier alpha value is -1.20. The summed E-state index contributed by atoms with van der Waals surface area (Å²) in [4.78, 5) is 4.77. The van der Waals surface area contributed by atoms with Crippen LogP contribution in [0.15, 0.2) is 17.8 Å². The van der Waals surface area contributed by atoms with Gasteiger partial charge in [0.05, 0.1) is 23.4 Å². The van der Waals surface area contributed by atoms with Gasteiger partial charge in [-0.3, -0.25) is 4.68 Å². The minimum Gasteiger partial charge on any atom is -0.309 e. The molecule has 1 fully saturated rings. The monoisotopic (exact) mass is 290 g/mol. The molecule has 0 radical (unpaired) electrons. The molecule has 0 atom stereocenters. The lowest BCUT2D eigenvalue weighted by Gasteiger charge is -2.04. The van der Waals surface area contributed by atoms with Crippen LogP contribution < -0.4 is 5.32 Å². The predicted molar refractivity (Wildman–Crippen MR) is 82.0 cm³/mol. The minimum atomic E-state index is 0.737. The van der Waals surface area contributed by atoms with Crippen molar-refractivity contribution >= 4 is 11.3 Å². The molecule has 1 aliphatic rings. The fourth-order valence-corrected chi connectivity index (χ4v) is 3.75. The molecular formula is C15H22N4S. The first kappa shape index (κ1) is 13.8. The molecule has 3 rings (SSSR count). The smallest absolute Gasteiger partial charge is 0.0959 e. The van der Waals surface area contributed by atoms with Crippen LogP contribution in [0.2, 0.25) is 0 Å². The van der Waals surface area contributed by atoms with Gasteiger partial charge in [0.2, 0.25) is 0 Å². The first-order valence-electron chi connectivity index (χ1n) is 7.45. The summed E-state index contributed by atoms with van der Waals surface area (Å²) in [6.45, 7) is 4.77. The highest BCUT2D eigenvalue weighted by Crippen LogP contribution is 2.35. The summed E-state index contributed by atoms with van der Waals surface area (Å²) < 4.78 is 1.98. The SMILES string of the molecule is Cc1cnn(CCNCc2csc(C3CCCC3)n2)c1. The van der Waals surface area contributed by atoms with Crippen LogP contribution in [-0.2, 0) is 13.1 Å². The summed E-state index contributed by atoms with van der Waals surface area (Å²) in [6, 6.07) is 0. The maximum atomic E-state index is 4.77. The zero-order valence-electron chi connectivity index (χ0n) is 12.0. The van der Waals surface area contributed by atoms with E-state index in [0.717, 1.165) is 25.6 Å². The molecule has 2 heterocycles. The van der Waals surface area contributed by atoms with Crippen LogP contribution in [0, 0.1) is 6.92 Å². The zero-order chi connectivity index (χ0) is 13.8. The molecule has 0 amide bonds. The molecule has 0 spiro atoms. The van der Waals surface area contributed by atoms with Gasteiger partial charge in [-0.1, -0.05) is 12.8 Å². The van der Waals surface area contributed by atoms with Gasteiger partial charge in [0.15, 0.2) is 0 Å². The number of nitrogens with zero attached hydrogens (tertiary/aromatic N) is 3. The molecule has 5 heteroatoms. The van der Waals surface area contributed by atoms with Gasteiger partial charge in [0.1, 0.15) is 0 Å². The predicted octanol–water partition coefficient (Wildman–Crippen LogP) is 3.10. The van der Waals surface area contributed by atoms with Crippen molar-refractivity contribution in [2.24, 2.45) is 0 Å². The quantitative estimate of drug-likeness (QED) is 0.831. The average molecular weight is 290 g/mol. The largest absolute Gasteiger partial charge is 0.309 e. The zero-order valence-corrected chi connectivity index (χ0v) is 12.8. The van der Waals surface area contributed by atoms with Gasteiger partial charge in [0, 0.05) is 30.6 Å². The lowest BCUT2D eigenvalue weighted by molar-refractivity contribution is 0.551. The van der Waals surface area contributed by atoms with E-state index in [0.29, 0.717) is 0 Å². The van der Waals surface area contributed by atoms with Crippen molar-refractivity contribution < 1.29 is 0 Å². The van der Waals surface area contributed by atoms with E-state index in [1.54, 1.807) is 0 Å². The Labute approximate surface area is 124 Å². The standard InChI is InChI=1S/C15H22N4S/c1-12-8-17-19(10-12)7-6-16-9-14-11-20-15(18-14)13-4-2-3-5-13/h8,10-11,13,16H,2-7,9H2,1H3. The Kier molecular flexibility index (Phi) is 4.47. The van der Waals surface area contributed by atoms with Crippen molar-refractivity contribution in [2.45, 2.75) is 51.6 Å². The molecule has 0 unspecified atom stereocenters. The van der Waals surface area contributed by atoms with Crippen LogP contribution in [0.25, 0.3) is 0 Å². The van der Waals surface area contributed by atoms with Crippen LogP contribution in [0.4, 0.5) is 0 Å². The summed E-state index contributed by atoms with van der Waals surface area (Å²) >= 11 is 1.84. The van der Waals surface area contributed by atoms with Crippen LogP contribution in [0.3, 0.4) is 0 Å². The third-order valence-electron chi connectivity index (χ3n) is 3.86. The Morgan fingerprint density at radius 3 is 3.00 bits per heavy atom. The van der Waals surface area contributed by atoms with E-state index in [2.05, 4.69) is 28.9 Å². The summed E-state index contributed by atoms with van der Waals surface area (Å²) in [5.74, 6) is 0.737. The molecule has 1 N–H and O–H groups in total. The Morgan fingerprint density at radius 2 is 2.25 bits per heavy atom. The number of aryl methyl sites for hydroxylation is 1. The number of thiazole rings is 1. The highest BCUT2D eigenvalue weighted by Gasteiger charge is 2.19. The number of aromatic nitrogens is 3. The lowest BCUT2D eigenvalue weighted by Crippen LogP contribution is -2.20. The fraction of sp³-hybridized carbons (Fsp3) is 0.600. The van der Waals surface area contributed by atoms with E-state index in [1.807, 2.05) is 22.2 Å². The van der Waals surface area contributed by atoms with E-state index in [1.165, 1.54) is 41.9 Å². The highest BCUT2D eigenvalue weighted by molar-refractivity contribution is 7.09. The van der Waals surface area contributed by atoms with Crippen LogP contribution >= 0.6 is 11.3 Å². The Balaban J connectivity index is 1.42. The molecule has 1 aliphatic carbocycles. The van der Waals surface area contributed by atoms with Crippen molar-refractivity contribution in [3.63, 3.8) is 0 Å². The highest BCUT2D eigenvalue weighted by atomic mass is 32.1. The third-order valence-corrected chi connectivity index (χ3v) is 4.92. The van der Waals surface area contributed by atoms with Crippen molar-refractivity contribution in [1.82, 2.24) is 20.1 Å². The van der Waals surface area contributed by atoms with Crippen molar-refractivity contribution in [1.29, 1.82) is 0 Å². The third kappa shape index (κ3) is 3.46. The molecule has 0 aliphatic heterocycles. The fourth-order valence-electron chi connectivity index (χ4n) is 2.76. The second kappa shape index (κ2) is 6.50. The number of nitrogens with one attached hydrogen (secondary N) is 1. The summed E-state index contributed by atoms with van der Waals surface area (Å²) in [6.07, 6.45) is 9.39. The summed E-state index contributed by atoms with van der Waals surface area (Å²) in [5.41, 5.74) is 2.40. The van der Waals surface area contributed by atoms with E-state index in [9.17, 15) is 0 Å². The number of hydrogen-bond acceptors (Lipinski definition) is 4. The van der Waals surface area contributed by atoms with E-state index in [4.69, 9.17) is 4.98 Å². The van der Waals surface area contributed by atoms with E-state index < -0.39 is 0 Å². The van der Waals surface area contributed by atoms with Gasteiger partial charge < -0.3 is 5.32 Å². The van der Waals surface area contributed by atoms with Crippen molar-refractivity contribution in [2.75, 3.05) is 6.54 Å². The normalized spacial score (nSPS) is 16.1. The van der Waals surface area contributed by atoms with Crippen molar-refractivity contribution in [3.8, 4) is 0 Å². The Morgan fingerprint density at radius 1 is 1.40 bits per heavy atom. The van der Waals surface area contributed by atoms with Gasteiger partial charge in [-0.05, 0) is 25.3 Å². The van der Waals surface area contributed by atoms with Gasteiger partial charge >= 0.3 is 0 Å². The molecule has 0 bridgehead atoms. The van der Waals surface area contributed by atoms with Crippen LogP contribution in [0.5, 0.6) is 0 Å². The van der Waals surface area contributed by atoms with Crippen LogP contribution in [0.1, 0.15) is 47.9 Å². The maximum Gasteiger partial charge on any atom is 0.0959 e. The minimum absolute atomic E-state index is 0.737. The summed E-state index contributed by atoms with van der Waals surface area (Å²) in [7, 11) is 0. The first-order valence-corrected chi connectivity index (χ1v) is 8.33. The second-order valence-corrected chi connectivity index (χ2v) is 6.51. The van der Waals surface area contributed by atoms with Gasteiger partial charge in [-0.2, -0.15) is 5.10 Å². The van der Waals surface area contributed by atoms with E-state index >= 15 is 0 Å². The molecule has 2 aromatic heterocycles. The average Bonchev–Trinajstić information content (AvgIpc) is 3.16. The molecule has 0 aromatic carbocycles. The Bertz CT molecular complexity index is 540. The number of hydrogen-bond donors (Lipinski definition) is 1. The molecule has 20 heavy (non-hydrogen) atoms. The lowest BCUT2D eigenvalue weighted by atomic mass is 10.1. The topological polar surface area (TPSA) is 42.7 Å². The molecule has 2 aromatic rings. The van der Waals surface area contributed by atoms with Crippen LogP contribution in [-0.4, -0.2) is 21.3 Å². The molecule has 1 saturated carbocycles. The van der Waals surface area contributed by atoms with Gasteiger partial charge in [-0.25, -0.2) is 4.98 Å². The van der Waals surface area contributed by atoms with Gasteiger partial charge in [0.25, 0.3) is 0 Å². The second-order valence-electron chi connectivity index (χ2n) is 5.62. The summed E-state index contributed by atoms with van der Waals surface area (Å²) in [5, 5.41) is 11.3. The molecule has 108 valence electrons.